The van der Waals surface area contributed by atoms with E-state index in [9.17, 15) is 20.2 Å². The maximum Gasteiger partial charge on any atom is 0.269 e. The van der Waals surface area contributed by atoms with Gasteiger partial charge in [-0.3, -0.25) is 14.9 Å². The van der Waals surface area contributed by atoms with Gasteiger partial charge in [0.05, 0.1) is 17.6 Å². The molecular formula is C22H22N2O5. The van der Waals surface area contributed by atoms with Gasteiger partial charge in [-0.1, -0.05) is 26.8 Å². The highest BCUT2D eigenvalue weighted by atomic mass is 16.6. The Labute approximate surface area is 169 Å². The van der Waals surface area contributed by atoms with E-state index in [0.717, 1.165) is 5.56 Å². The lowest BCUT2D eigenvalue weighted by atomic mass is 9.86. The quantitative estimate of drug-likeness (QED) is 0.292. The number of carbonyl (C=O) groups is 1. The standard InChI is InChI=1S/C22H22N2O5/c1-22(2,3)21(25)17(13-23)11-16-7-10-19(20(12-16)28-4)29-14-15-5-8-18(9-6-15)24(26)27/h5-12H,14H2,1-4H3/b17-11-. The van der Waals surface area contributed by atoms with Crippen molar-refractivity contribution >= 4 is 17.5 Å². The number of hydrogen-bond donors (Lipinski definition) is 0. The predicted octanol–water partition coefficient (Wildman–Crippen LogP) is 4.70. The molecule has 0 amide bonds. The van der Waals surface area contributed by atoms with E-state index in [1.807, 2.05) is 6.07 Å². The fourth-order valence-electron chi connectivity index (χ4n) is 2.49. The fraction of sp³-hybridized carbons (Fsp3) is 0.273. The van der Waals surface area contributed by atoms with E-state index in [1.165, 1.54) is 25.3 Å². The van der Waals surface area contributed by atoms with Crippen molar-refractivity contribution in [2.45, 2.75) is 27.4 Å². The Bertz CT molecular complexity index is 980. The molecule has 0 saturated heterocycles. The van der Waals surface area contributed by atoms with Crippen molar-refractivity contribution in [2.75, 3.05) is 7.11 Å². The number of nitro groups is 1. The number of carbonyl (C=O) groups excluding carboxylic acids is 1. The van der Waals surface area contributed by atoms with Crippen LogP contribution in [0, 0.1) is 26.9 Å². The molecule has 0 aliphatic rings. The third-order valence-corrected chi connectivity index (χ3v) is 4.09. The zero-order valence-electron chi connectivity index (χ0n) is 16.8. The molecule has 150 valence electrons. The van der Waals surface area contributed by atoms with Crippen LogP contribution in [0.5, 0.6) is 11.5 Å². The van der Waals surface area contributed by atoms with E-state index in [2.05, 4.69) is 0 Å². The van der Waals surface area contributed by atoms with Gasteiger partial charge in [-0.2, -0.15) is 5.26 Å². The van der Waals surface area contributed by atoms with E-state index >= 15 is 0 Å². The summed E-state index contributed by atoms with van der Waals surface area (Å²) in [6.45, 7) is 5.48. The van der Waals surface area contributed by atoms with E-state index in [-0.39, 0.29) is 23.7 Å². The summed E-state index contributed by atoms with van der Waals surface area (Å²) >= 11 is 0. The van der Waals surface area contributed by atoms with Gasteiger partial charge in [-0.15, -0.1) is 0 Å². The number of nitriles is 1. The number of ketones is 1. The van der Waals surface area contributed by atoms with Gasteiger partial charge in [0.1, 0.15) is 12.7 Å². The van der Waals surface area contributed by atoms with E-state index in [1.54, 1.807) is 51.1 Å². The first kappa shape index (κ1) is 21.6. The first-order chi connectivity index (χ1) is 13.7. The number of non-ortho nitro benzene ring substituents is 1. The molecule has 29 heavy (non-hydrogen) atoms. The van der Waals surface area contributed by atoms with Crippen LogP contribution in [-0.4, -0.2) is 17.8 Å². The van der Waals surface area contributed by atoms with E-state index in [0.29, 0.717) is 17.1 Å². The summed E-state index contributed by atoms with van der Waals surface area (Å²) in [7, 11) is 1.49. The third-order valence-electron chi connectivity index (χ3n) is 4.09. The molecule has 0 atom stereocenters. The van der Waals surface area contributed by atoms with Crippen molar-refractivity contribution in [2.24, 2.45) is 5.41 Å². The first-order valence-electron chi connectivity index (χ1n) is 8.86. The number of methoxy groups -OCH3 is 1. The second-order valence-electron chi connectivity index (χ2n) is 7.37. The molecule has 2 aromatic carbocycles. The van der Waals surface area contributed by atoms with Crippen molar-refractivity contribution in [1.82, 2.24) is 0 Å². The number of nitro benzene ring substituents is 1. The summed E-state index contributed by atoms with van der Waals surface area (Å²) in [6.07, 6.45) is 1.52. The van der Waals surface area contributed by atoms with Gasteiger partial charge in [0, 0.05) is 17.5 Å². The van der Waals surface area contributed by atoms with Crippen LogP contribution in [0.4, 0.5) is 5.69 Å². The minimum atomic E-state index is -0.653. The van der Waals surface area contributed by atoms with Crippen molar-refractivity contribution < 1.29 is 19.2 Å². The normalized spacial score (nSPS) is 11.5. The molecule has 0 radical (unpaired) electrons. The Morgan fingerprint density at radius 3 is 2.34 bits per heavy atom. The van der Waals surface area contributed by atoms with Crippen molar-refractivity contribution in [3.8, 4) is 17.6 Å². The van der Waals surface area contributed by atoms with Crippen molar-refractivity contribution in [1.29, 1.82) is 5.26 Å². The monoisotopic (exact) mass is 394 g/mol. The molecule has 0 bridgehead atoms. The zero-order valence-corrected chi connectivity index (χ0v) is 16.8. The summed E-state index contributed by atoms with van der Waals surface area (Å²) in [5.74, 6) is 0.683. The van der Waals surface area contributed by atoms with Crippen LogP contribution in [0.15, 0.2) is 48.0 Å². The minimum absolute atomic E-state index is 0.0144. The Morgan fingerprint density at radius 1 is 1.17 bits per heavy atom. The molecule has 0 heterocycles. The topological polar surface area (TPSA) is 102 Å². The number of benzene rings is 2. The van der Waals surface area contributed by atoms with Crippen LogP contribution in [0.25, 0.3) is 6.08 Å². The van der Waals surface area contributed by atoms with Gasteiger partial charge in [0.2, 0.25) is 0 Å². The van der Waals surface area contributed by atoms with Crippen LogP contribution in [0.3, 0.4) is 0 Å². The Kier molecular flexibility index (Phi) is 6.73. The van der Waals surface area contributed by atoms with Gasteiger partial charge in [-0.05, 0) is 41.5 Å². The lowest BCUT2D eigenvalue weighted by Crippen LogP contribution is -2.21. The highest BCUT2D eigenvalue weighted by Crippen LogP contribution is 2.30. The summed E-state index contributed by atoms with van der Waals surface area (Å²) in [6, 6.07) is 13.1. The van der Waals surface area contributed by atoms with Crippen molar-refractivity contribution in [3.05, 3.63) is 69.3 Å². The predicted molar refractivity (Wildman–Crippen MR) is 108 cm³/mol. The first-order valence-corrected chi connectivity index (χ1v) is 8.86. The maximum absolute atomic E-state index is 12.4. The summed E-state index contributed by atoms with van der Waals surface area (Å²) in [5, 5.41) is 20.0. The molecule has 0 unspecified atom stereocenters. The third kappa shape index (κ3) is 5.66. The highest BCUT2D eigenvalue weighted by molar-refractivity contribution is 6.06. The molecule has 0 spiro atoms. The SMILES string of the molecule is COc1cc(/C=C(/C#N)C(=O)C(C)(C)C)ccc1OCc1ccc([N+](=O)[O-])cc1. The minimum Gasteiger partial charge on any atom is -0.493 e. The van der Waals surface area contributed by atoms with Gasteiger partial charge < -0.3 is 9.47 Å². The number of rotatable bonds is 7. The van der Waals surface area contributed by atoms with Crippen LogP contribution >= 0.6 is 0 Å². The molecule has 7 nitrogen and oxygen atoms in total. The summed E-state index contributed by atoms with van der Waals surface area (Å²) in [4.78, 5) is 22.6. The molecule has 2 aromatic rings. The van der Waals surface area contributed by atoms with Gasteiger partial charge in [-0.25, -0.2) is 0 Å². The molecule has 7 heteroatoms. The molecule has 0 N–H and O–H groups in total. The Balaban J connectivity index is 2.20. The average molecular weight is 394 g/mol. The largest absolute Gasteiger partial charge is 0.493 e. The lowest BCUT2D eigenvalue weighted by molar-refractivity contribution is -0.384. The van der Waals surface area contributed by atoms with Gasteiger partial charge >= 0.3 is 0 Å². The van der Waals surface area contributed by atoms with Gasteiger partial charge in [0.15, 0.2) is 17.3 Å². The Hall–Kier alpha value is -3.66. The number of hydrogen-bond acceptors (Lipinski definition) is 6. The van der Waals surface area contributed by atoms with Crippen LogP contribution in [0.1, 0.15) is 31.9 Å². The fourth-order valence-corrected chi connectivity index (χ4v) is 2.49. The van der Waals surface area contributed by atoms with Crippen LogP contribution in [0.2, 0.25) is 0 Å². The van der Waals surface area contributed by atoms with Gasteiger partial charge in [0.25, 0.3) is 5.69 Å². The maximum atomic E-state index is 12.4. The van der Waals surface area contributed by atoms with E-state index in [4.69, 9.17) is 9.47 Å². The van der Waals surface area contributed by atoms with Crippen molar-refractivity contribution in [3.63, 3.8) is 0 Å². The zero-order chi connectivity index (χ0) is 21.6. The lowest BCUT2D eigenvalue weighted by Gasteiger charge is -2.15. The number of nitrogens with zero attached hydrogens (tertiary/aromatic N) is 2. The summed E-state index contributed by atoms with van der Waals surface area (Å²) in [5.41, 5.74) is 0.835. The molecule has 0 saturated carbocycles. The number of ether oxygens (including phenoxy) is 2. The number of Topliss-reactive ketones (excluding diaryl/α,β-unsaturated/α-hetero) is 1. The molecule has 0 aromatic heterocycles. The molecular weight excluding hydrogens is 372 g/mol. The van der Waals surface area contributed by atoms with E-state index < -0.39 is 10.3 Å². The highest BCUT2D eigenvalue weighted by Gasteiger charge is 2.25. The second-order valence-corrected chi connectivity index (χ2v) is 7.37. The smallest absolute Gasteiger partial charge is 0.269 e. The molecule has 2 rings (SSSR count). The second kappa shape index (κ2) is 9.02. The molecule has 0 fully saturated rings. The Morgan fingerprint density at radius 2 is 1.83 bits per heavy atom. The summed E-state index contributed by atoms with van der Waals surface area (Å²) < 4.78 is 11.1. The van der Waals surface area contributed by atoms with Crippen LogP contribution in [-0.2, 0) is 11.4 Å². The van der Waals surface area contributed by atoms with Crippen LogP contribution < -0.4 is 9.47 Å². The molecule has 0 aliphatic heterocycles. The number of allylic oxidation sites excluding steroid dienone is 1. The molecule has 0 aliphatic carbocycles. The average Bonchev–Trinajstić information content (AvgIpc) is 2.69.